The van der Waals surface area contributed by atoms with Gasteiger partial charge in [0.1, 0.15) is 6.04 Å². The fourth-order valence-electron chi connectivity index (χ4n) is 4.83. The SMILES string of the molecule is CCCCCCCCCCCCCCCCCC(CC(F)(F)F)(CC(F)(F)F)O[Si](CC(F)(F)F)(OC)OC. The molecule has 236 valence electrons. The van der Waals surface area contributed by atoms with Gasteiger partial charge < -0.3 is 13.3 Å². The van der Waals surface area contributed by atoms with Gasteiger partial charge >= 0.3 is 27.3 Å². The maximum absolute atomic E-state index is 13.4. The summed E-state index contributed by atoms with van der Waals surface area (Å²) in [5.41, 5.74) is -2.98. The van der Waals surface area contributed by atoms with E-state index in [4.69, 9.17) is 13.3 Å². The van der Waals surface area contributed by atoms with Gasteiger partial charge in [0, 0.05) is 14.2 Å². The Hall–Kier alpha value is -0.533. The Morgan fingerprint density at radius 3 is 1.10 bits per heavy atom. The molecule has 0 bridgehead atoms. The van der Waals surface area contributed by atoms with E-state index >= 15 is 0 Å². The number of hydrogen-bond acceptors (Lipinski definition) is 3. The van der Waals surface area contributed by atoms with Crippen molar-refractivity contribution in [2.24, 2.45) is 0 Å². The maximum atomic E-state index is 13.4. The summed E-state index contributed by atoms with van der Waals surface area (Å²) < 4.78 is 134. The van der Waals surface area contributed by atoms with Crippen molar-refractivity contribution >= 4 is 8.80 Å². The van der Waals surface area contributed by atoms with Crippen LogP contribution in [-0.4, -0.2) is 47.2 Å². The van der Waals surface area contributed by atoms with E-state index in [2.05, 4.69) is 6.92 Å². The summed E-state index contributed by atoms with van der Waals surface area (Å²) in [4.78, 5) is 0. The summed E-state index contributed by atoms with van der Waals surface area (Å²) in [7, 11) is -3.47. The van der Waals surface area contributed by atoms with E-state index in [-0.39, 0.29) is 6.42 Å². The molecule has 0 saturated carbocycles. The molecule has 0 radical (unpaired) electrons. The van der Waals surface area contributed by atoms with E-state index in [1.54, 1.807) is 0 Å². The molecule has 0 fully saturated rings. The first-order chi connectivity index (χ1) is 18.0. The molecule has 0 aromatic carbocycles. The first-order valence-corrected chi connectivity index (χ1v) is 15.9. The summed E-state index contributed by atoms with van der Waals surface area (Å²) in [5, 5.41) is 0. The number of hydrogen-bond donors (Lipinski definition) is 0. The van der Waals surface area contributed by atoms with Gasteiger partial charge in [0.05, 0.1) is 18.4 Å². The molecular weight excluding hydrogens is 559 g/mol. The third-order valence-corrected chi connectivity index (χ3v) is 9.51. The van der Waals surface area contributed by atoms with Gasteiger partial charge in [-0.2, -0.15) is 39.5 Å². The number of rotatable bonds is 23. The quantitative estimate of drug-likeness (QED) is 0.0658. The summed E-state index contributed by atoms with van der Waals surface area (Å²) >= 11 is 0. The first-order valence-electron chi connectivity index (χ1n) is 14.0. The van der Waals surface area contributed by atoms with Crippen LogP contribution in [0.5, 0.6) is 0 Å². The fraction of sp³-hybridized carbons (Fsp3) is 1.00. The van der Waals surface area contributed by atoms with Crippen molar-refractivity contribution in [1.29, 1.82) is 0 Å². The van der Waals surface area contributed by atoms with Crippen molar-refractivity contribution in [3.8, 4) is 0 Å². The average molecular weight is 607 g/mol. The van der Waals surface area contributed by atoms with Gasteiger partial charge in [-0.3, -0.25) is 0 Å². The normalized spacial score (nSPS) is 13.8. The van der Waals surface area contributed by atoms with Crippen LogP contribution in [0.25, 0.3) is 0 Å². The lowest BCUT2D eigenvalue weighted by molar-refractivity contribution is -0.222. The molecule has 0 aliphatic carbocycles. The average Bonchev–Trinajstić information content (AvgIpc) is 2.78. The molecule has 0 atom stereocenters. The van der Waals surface area contributed by atoms with Gasteiger partial charge in [0.25, 0.3) is 0 Å². The Kier molecular flexibility index (Phi) is 18.6. The Balaban J connectivity index is 4.91. The minimum absolute atomic E-state index is 0.0614. The lowest BCUT2D eigenvalue weighted by Gasteiger charge is -2.41. The van der Waals surface area contributed by atoms with E-state index in [1.807, 2.05) is 0 Å². The largest absolute Gasteiger partial charge is 0.510 e. The van der Waals surface area contributed by atoms with Crippen molar-refractivity contribution in [3.63, 3.8) is 0 Å². The second kappa shape index (κ2) is 18.8. The van der Waals surface area contributed by atoms with Crippen LogP contribution in [0, 0.1) is 0 Å². The predicted molar refractivity (Wildman–Crippen MR) is 135 cm³/mol. The molecule has 0 aromatic heterocycles. The van der Waals surface area contributed by atoms with E-state index < -0.39 is 58.2 Å². The third kappa shape index (κ3) is 20.9. The van der Waals surface area contributed by atoms with Crippen LogP contribution in [0.1, 0.15) is 122 Å². The molecule has 0 aromatic rings. The topological polar surface area (TPSA) is 27.7 Å². The maximum Gasteiger partial charge on any atom is 0.510 e. The Morgan fingerprint density at radius 1 is 0.487 bits per heavy atom. The van der Waals surface area contributed by atoms with Crippen LogP contribution in [0.15, 0.2) is 0 Å². The molecule has 0 heterocycles. The first kappa shape index (κ1) is 38.5. The highest BCUT2D eigenvalue weighted by Gasteiger charge is 2.58. The highest BCUT2D eigenvalue weighted by atomic mass is 28.4. The molecule has 13 heteroatoms. The minimum Gasteiger partial charge on any atom is -0.377 e. The zero-order valence-electron chi connectivity index (χ0n) is 23.6. The molecule has 0 amide bonds. The molecule has 0 saturated heterocycles. The second-order valence-corrected chi connectivity index (χ2v) is 13.2. The van der Waals surface area contributed by atoms with Crippen LogP contribution < -0.4 is 0 Å². The monoisotopic (exact) mass is 606 g/mol. The van der Waals surface area contributed by atoms with Crippen molar-refractivity contribution < 1.29 is 52.8 Å². The molecule has 0 aliphatic rings. The minimum atomic E-state index is -5.11. The summed E-state index contributed by atoms with van der Waals surface area (Å²) in [5.74, 6) is 0. The van der Waals surface area contributed by atoms with Crippen LogP contribution in [0.3, 0.4) is 0 Å². The van der Waals surface area contributed by atoms with E-state index in [0.29, 0.717) is 12.8 Å². The smallest absolute Gasteiger partial charge is 0.377 e. The van der Waals surface area contributed by atoms with Crippen LogP contribution in [0.4, 0.5) is 39.5 Å². The van der Waals surface area contributed by atoms with Crippen LogP contribution >= 0.6 is 0 Å². The van der Waals surface area contributed by atoms with Gasteiger partial charge in [-0.1, -0.05) is 103 Å². The molecule has 0 spiro atoms. The van der Waals surface area contributed by atoms with E-state index in [9.17, 15) is 39.5 Å². The van der Waals surface area contributed by atoms with Crippen molar-refractivity contribution in [2.45, 2.75) is 153 Å². The van der Waals surface area contributed by atoms with Gasteiger partial charge in [-0.05, 0) is 6.42 Å². The molecule has 0 aliphatic heterocycles. The molecule has 0 N–H and O–H groups in total. The number of alkyl halides is 9. The zero-order valence-corrected chi connectivity index (χ0v) is 24.6. The van der Waals surface area contributed by atoms with Crippen LogP contribution in [-0.2, 0) is 13.3 Å². The number of unbranched alkanes of at least 4 members (excludes halogenated alkanes) is 14. The Bertz CT molecular complexity index is 591. The summed E-state index contributed by atoms with van der Waals surface area (Å²) in [6.45, 7) is 2.18. The van der Waals surface area contributed by atoms with Crippen molar-refractivity contribution in [1.82, 2.24) is 0 Å². The molecule has 0 rings (SSSR count). The molecule has 0 unspecified atom stereocenters. The lowest BCUT2D eigenvalue weighted by Crippen LogP contribution is -2.56. The van der Waals surface area contributed by atoms with Gasteiger partial charge in [-0.15, -0.1) is 0 Å². The van der Waals surface area contributed by atoms with Crippen LogP contribution in [0.2, 0.25) is 6.04 Å². The molecular formula is C26H47F9O3Si. The summed E-state index contributed by atoms with van der Waals surface area (Å²) in [6.07, 6.45) is -5.49. The fourth-order valence-corrected chi connectivity index (χ4v) is 6.93. The molecule has 39 heavy (non-hydrogen) atoms. The van der Waals surface area contributed by atoms with E-state index in [0.717, 1.165) is 46.3 Å². The van der Waals surface area contributed by atoms with Gasteiger partial charge in [0.2, 0.25) is 0 Å². The lowest BCUT2D eigenvalue weighted by atomic mass is 9.88. The van der Waals surface area contributed by atoms with Gasteiger partial charge in [0.15, 0.2) is 0 Å². The van der Waals surface area contributed by atoms with Crippen molar-refractivity contribution in [3.05, 3.63) is 0 Å². The van der Waals surface area contributed by atoms with Crippen molar-refractivity contribution in [2.75, 3.05) is 14.2 Å². The standard InChI is InChI=1S/C26H47F9O3Si/c1-4-5-6-7-8-9-10-11-12-13-14-15-16-17-18-19-23(20-24(27,28)29,21-25(30,31)32)38-39(36-2,37-3)22-26(33,34)35/h4-22H2,1-3H3. The van der Waals surface area contributed by atoms with E-state index in [1.165, 1.54) is 44.9 Å². The highest BCUT2D eigenvalue weighted by molar-refractivity contribution is 6.61. The predicted octanol–water partition coefficient (Wildman–Crippen LogP) is 10.7. The third-order valence-electron chi connectivity index (χ3n) is 6.69. The Morgan fingerprint density at radius 2 is 0.821 bits per heavy atom. The summed E-state index contributed by atoms with van der Waals surface area (Å²) in [6, 6.07) is -1.90. The zero-order chi connectivity index (χ0) is 30.1. The number of halogens is 9. The highest BCUT2D eigenvalue weighted by Crippen LogP contribution is 2.45. The molecule has 3 nitrogen and oxygen atoms in total. The second-order valence-electron chi connectivity index (χ2n) is 10.5. The Labute approximate surface area is 228 Å². The van der Waals surface area contributed by atoms with Gasteiger partial charge in [-0.25, -0.2) is 0 Å².